The number of fused-ring (bicyclic) bond motifs is 1. The molecule has 0 aliphatic carbocycles. The van der Waals surface area contributed by atoms with E-state index in [4.69, 9.17) is 0 Å². The maximum absolute atomic E-state index is 12.6. The number of benzene rings is 2. The lowest BCUT2D eigenvalue weighted by molar-refractivity contribution is -0.118. The number of carbonyl (C=O) groups excluding carboxylic acids is 2. The first kappa shape index (κ1) is 21.3. The van der Waals surface area contributed by atoms with Crippen molar-refractivity contribution >= 4 is 50.2 Å². The van der Waals surface area contributed by atoms with E-state index in [-0.39, 0.29) is 23.9 Å². The Morgan fingerprint density at radius 3 is 2.76 bits per heavy atom. The smallest absolute Gasteiger partial charge is 0.241 e. The van der Waals surface area contributed by atoms with Gasteiger partial charge in [-0.1, -0.05) is 27.2 Å². The highest BCUT2D eigenvalue weighted by molar-refractivity contribution is 9.10. The molecule has 2 amide bonds. The molecule has 0 bridgehead atoms. The number of nitrogens with one attached hydrogen (secondary N) is 4. The van der Waals surface area contributed by atoms with E-state index < -0.39 is 0 Å². The minimum atomic E-state index is -0.306. The first-order chi connectivity index (χ1) is 16.0. The number of anilines is 2. The highest BCUT2D eigenvalue weighted by Crippen LogP contribution is 2.27. The van der Waals surface area contributed by atoms with E-state index >= 15 is 0 Å². The monoisotopic (exact) mass is 508 g/mol. The second-order valence-electron chi connectivity index (χ2n) is 7.94. The summed E-state index contributed by atoms with van der Waals surface area (Å²) in [4.78, 5) is 24.0. The number of nitrogens with zero attached hydrogens (tertiary/aromatic N) is 4. The van der Waals surface area contributed by atoms with Crippen LogP contribution in [-0.2, 0) is 9.59 Å². The van der Waals surface area contributed by atoms with Crippen molar-refractivity contribution < 1.29 is 9.59 Å². The first-order valence-corrected chi connectivity index (χ1v) is 11.2. The van der Waals surface area contributed by atoms with Gasteiger partial charge < -0.3 is 16.0 Å². The van der Waals surface area contributed by atoms with Gasteiger partial charge in [-0.2, -0.15) is 5.10 Å². The van der Waals surface area contributed by atoms with Crippen molar-refractivity contribution in [1.82, 2.24) is 30.5 Å². The Bertz CT molecular complexity index is 1330. The largest absolute Gasteiger partial charge is 0.325 e. The summed E-state index contributed by atoms with van der Waals surface area (Å²) in [6.45, 7) is 2.07. The van der Waals surface area contributed by atoms with Gasteiger partial charge in [0.25, 0.3) is 0 Å². The predicted octanol–water partition coefficient (Wildman–Crippen LogP) is 3.08. The number of aromatic amines is 1. The zero-order chi connectivity index (χ0) is 22.9. The van der Waals surface area contributed by atoms with Gasteiger partial charge in [-0.3, -0.25) is 14.7 Å². The van der Waals surface area contributed by atoms with Crippen LogP contribution < -0.4 is 16.0 Å². The van der Waals surface area contributed by atoms with Gasteiger partial charge in [0.05, 0.1) is 23.8 Å². The second kappa shape index (κ2) is 8.75. The molecule has 2 aromatic carbocycles. The summed E-state index contributed by atoms with van der Waals surface area (Å²) in [5, 5.41) is 25.4. The molecule has 5 rings (SSSR count). The summed E-state index contributed by atoms with van der Waals surface area (Å²) in [5.74, 6) is 0.251. The number of rotatable bonds is 5. The maximum Gasteiger partial charge on any atom is 0.241 e. The highest BCUT2D eigenvalue weighted by atomic mass is 79.9. The average molecular weight is 509 g/mol. The summed E-state index contributed by atoms with van der Waals surface area (Å²) >= 11 is 3.39. The van der Waals surface area contributed by atoms with E-state index in [1.54, 1.807) is 4.68 Å². The fourth-order valence-electron chi connectivity index (χ4n) is 3.91. The number of amides is 2. The van der Waals surface area contributed by atoms with Crippen molar-refractivity contribution in [3.8, 4) is 11.3 Å². The van der Waals surface area contributed by atoms with E-state index in [2.05, 4.69) is 52.4 Å². The van der Waals surface area contributed by atoms with E-state index in [0.717, 1.165) is 32.3 Å². The molecular formula is C22H21BrN8O2. The first-order valence-electron chi connectivity index (χ1n) is 10.4. The molecule has 2 atom stereocenters. The number of carbonyl (C=O) groups is 2. The molecule has 2 aromatic heterocycles. The van der Waals surface area contributed by atoms with Crippen LogP contribution in [0.5, 0.6) is 0 Å². The van der Waals surface area contributed by atoms with Gasteiger partial charge in [0.15, 0.2) is 5.82 Å². The topological polar surface area (TPSA) is 130 Å². The van der Waals surface area contributed by atoms with Gasteiger partial charge in [-0.25, -0.2) is 4.68 Å². The van der Waals surface area contributed by atoms with Gasteiger partial charge >= 0.3 is 0 Å². The van der Waals surface area contributed by atoms with Gasteiger partial charge in [-0.15, -0.1) is 5.10 Å². The van der Waals surface area contributed by atoms with Crippen LogP contribution in [-0.4, -0.2) is 49.6 Å². The average Bonchev–Trinajstić information content (AvgIpc) is 3.54. The van der Waals surface area contributed by atoms with E-state index in [0.29, 0.717) is 18.8 Å². The molecule has 1 fully saturated rings. The van der Waals surface area contributed by atoms with E-state index in [1.807, 2.05) is 48.7 Å². The van der Waals surface area contributed by atoms with E-state index in [1.165, 1.54) is 6.92 Å². The lowest BCUT2D eigenvalue weighted by Crippen LogP contribution is -2.35. The lowest BCUT2D eigenvalue weighted by Gasteiger charge is -2.11. The third-order valence-electron chi connectivity index (χ3n) is 5.57. The Kier molecular flexibility index (Phi) is 5.65. The van der Waals surface area contributed by atoms with Gasteiger partial charge in [0, 0.05) is 34.6 Å². The molecule has 1 saturated heterocycles. The Morgan fingerprint density at radius 1 is 1.15 bits per heavy atom. The number of H-pyrrole nitrogens is 1. The zero-order valence-corrected chi connectivity index (χ0v) is 19.3. The van der Waals surface area contributed by atoms with Crippen LogP contribution in [0.2, 0.25) is 0 Å². The Morgan fingerprint density at radius 2 is 1.97 bits per heavy atom. The van der Waals surface area contributed by atoms with Crippen molar-refractivity contribution in [2.45, 2.75) is 25.4 Å². The summed E-state index contributed by atoms with van der Waals surface area (Å²) in [5.41, 5.74) is 3.14. The molecule has 0 unspecified atom stereocenters. The summed E-state index contributed by atoms with van der Waals surface area (Å²) in [6.07, 6.45) is 2.50. The normalized spacial score (nSPS) is 17.9. The van der Waals surface area contributed by atoms with Gasteiger partial charge in [-0.05, 0) is 42.8 Å². The molecule has 1 aliphatic rings. The summed E-state index contributed by atoms with van der Waals surface area (Å²) in [6, 6.07) is 12.9. The van der Waals surface area contributed by atoms with Crippen LogP contribution >= 0.6 is 15.9 Å². The van der Waals surface area contributed by atoms with Crippen LogP contribution in [0.25, 0.3) is 22.2 Å². The van der Waals surface area contributed by atoms with Crippen molar-refractivity contribution in [1.29, 1.82) is 0 Å². The van der Waals surface area contributed by atoms with Crippen LogP contribution in [0.3, 0.4) is 0 Å². The molecule has 1 aliphatic heterocycles. The maximum atomic E-state index is 12.6. The number of aromatic nitrogens is 5. The molecule has 10 nitrogen and oxygen atoms in total. The fourth-order valence-corrected chi connectivity index (χ4v) is 4.17. The Hall–Kier alpha value is -3.57. The molecule has 4 aromatic rings. The van der Waals surface area contributed by atoms with Crippen molar-refractivity contribution in [3.05, 3.63) is 53.1 Å². The minimum absolute atomic E-state index is 0.0224. The Balaban J connectivity index is 1.26. The van der Waals surface area contributed by atoms with Gasteiger partial charge in [0.1, 0.15) is 5.69 Å². The summed E-state index contributed by atoms with van der Waals surface area (Å²) in [7, 11) is 0. The lowest BCUT2D eigenvalue weighted by atomic mass is 10.1. The molecular weight excluding hydrogens is 488 g/mol. The van der Waals surface area contributed by atoms with Gasteiger partial charge in [0.2, 0.25) is 11.8 Å². The van der Waals surface area contributed by atoms with Crippen molar-refractivity contribution in [2.24, 2.45) is 0 Å². The van der Waals surface area contributed by atoms with E-state index in [9.17, 15) is 9.59 Å². The third-order valence-corrected chi connectivity index (χ3v) is 6.10. The molecule has 0 radical (unpaired) electrons. The zero-order valence-electron chi connectivity index (χ0n) is 17.7. The SMILES string of the molecule is CC(=O)Nc1n[nH]c2cc(-c3cn([C@@H]4CN[C@H](C(=O)Nc5ccc(Br)cc5)C4)nn3)ccc12. The Labute approximate surface area is 197 Å². The molecule has 3 heterocycles. The molecule has 4 N–H and O–H groups in total. The number of halogens is 1. The molecule has 0 saturated carbocycles. The standard InChI is InChI=1S/C22H21BrN8O2/c1-12(32)25-21-17-7-2-13(8-18(17)27-29-21)20-11-31(30-28-20)16-9-19(24-10-16)22(33)26-15-5-3-14(23)4-6-15/h2-8,11,16,19,24H,9-10H2,1H3,(H,26,33)(H2,25,27,29,32)/t16-,19-/m0/s1. The summed E-state index contributed by atoms with van der Waals surface area (Å²) < 4.78 is 2.76. The second-order valence-corrected chi connectivity index (χ2v) is 8.86. The molecule has 168 valence electrons. The van der Waals surface area contributed by atoms with Crippen molar-refractivity contribution in [3.63, 3.8) is 0 Å². The molecule has 11 heteroatoms. The third kappa shape index (κ3) is 4.50. The van der Waals surface area contributed by atoms with Crippen molar-refractivity contribution in [2.75, 3.05) is 17.2 Å². The highest BCUT2D eigenvalue weighted by Gasteiger charge is 2.31. The predicted molar refractivity (Wildman–Crippen MR) is 128 cm³/mol. The van der Waals surface area contributed by atoms with Crippen LogP contribution in [0.1, 0.15) is 19.4 Å². The number of hydrogen-bond acceptors (Lipinski definition) is 6. The van der Waals surface area contributed by atoms with Crippen LogP contribution in [0, 0.1) is 0 Å². The molecule has 0 spiro atoms. The minimum Gasteiger partial charge on any atom is -0.325 e. The van der Waals surface area contributed by atoms with Crippen LogP contribution in [0.15, 0.2) is 53.1 Å². The quantitative estimate of drug-likeness (QED) is 0.327. The number of hydrogen-bond donors (Lipinski definition) is 4. The fraction of sp³-hybridized carbons (Fsp3) is 0.227. The van der Waals surface area contributed by atoms with Crippen LogP contribution in [0.4, 0.5) is 11.5 Å². The molecule has 33 heavy (non-hydrogen) atoms.